The third-order valence-corrected chi connectivity index (χ3v) is 7.53. The second-order valence-electron chi connectivity index (χ2n) is 8.09. The monoisotopic (exact) mass is 526 g/mol. The van der Waals surface area contributed by atoms with Crippen LogP contribution in [0.5, 0.6) is 0 Å². The average Bonchev–Trinajstić information content (AvgIpc) is 3.17. The molecule has 3 aromatic carbocycles. The number of nitrogens with one attached hydrogen (secondary N) is 3. The summed E-state index contributed by atoms with van der Waals surface area (Å²) in [6.07, 6.45) is 1.02. The van der Waals surface area contributed by atoms with Crippen LogP contribution in [0.15, 0.2) is 65.6 Å². The van der Waals surface area contributed by atoms with E-state index in [9.17, 15) is 22.4 Å². The summed E-state index contributed by atoms with van der Waals surface area (Å²) in [5.41, 5.74) is 1.68. The Hall–Kier alpha value is -3.83. The van der Waals surface area contributed by atoms with Crippen molar-refractivity contribution < 1.29 is 22.4 Å². The minimum atomic E-state index is -3.68. The second-order valence-corrected chi connectivity index (χ2v) is 11.1. The van der Waals surface area contributed by atoms with Gasteiger partial charge in [0.05, 0.1) is 10.6 Å². The molecule has 11 heteroatoms. The van der Waals surface area contributed by atoms with Crippen molar-refractivity contribution in [3.05, 3.63) is 72.2 Å². The topological polar surface area (TPSA) is 117 Å². The van der Waals surface area contributed by atoms with Crippen molar-refractivity contribution in [1.29, 1.82) is 0 Å². The highest BCUT2D eigenvalue weighted by Crippen LogP contribution is 2.34. The van der Waals surface area contributed by atoms with Gasteiger partial charge in [0, 0.05) is 24.9 Å². The van der Waals surface area contributed by atoms with Crippen molar-refractivity contribution in [3.8, 4) is 10.4 Å². The van der Waals surface area contributed by atoms with Crippen molar-refractivity contribution in [1.82, 2.24) is 10.3 Å². The summed E-state index contributed by atoms with van der Waals surface area (Å²) in [5, 5.41) is 10.4. The Morgan fingerprint density at radius 3 is 2.47 bits per heavy atom. The molecule has 4 aromatic rings. The number of nitrogens with zero attached hydrogens (tertiary/aromatic N) is 1. The minimum Gasteiger partial charge on any atom is -0.337 e. The van der Waals surface area contributed by atoms with Gasteiger partial charge in [0.25, 0.3) is 0 Å². The van der Waals surface area contributed by atoms with Gasteiger partial charge in [0.1, 0.15) is 10.7 Å². The number of rotatable bonds is 7. The van der Waals surface area contributed by atoms with E-state index < -0.39 is 21.7 Å². The molecule has 3 N–H and O–H groups in total. The van der Waals surface area contributed by atoms with Crippen LogP contribution in [0.25, 0.3) is 21.2 Å². The number of aromatic nitrogens is 1. The average molecular weight is 527 g/mol. The predicted octanol–water partition coefficient (Wildman–Crippen LogP) is 4.96. The largest absolute Gasteiger partial charge is 0.337 e. The van der Waals surface area contributed by atoms with Gasteiger partial charge in [-0.05, 0) is 47.5 Å². The molecule has 0 saturated heterocycles. The van der Waals surface area contributed by atoms with E-state index in [2.05, 4.69) is 20.9 Å². The van der Waals surface area contributed by atoms with Crippen molar-refractivity contribution in [2.45, 2.75) is 18.2 Å². The fourth-order valence-electron chi connectivity index (χ4n) is 3.58. The zero-order chi connectivity index (χ0) is 25.9. The quantitative estimate of drug-likeness (QED) is 0.315. The third kappa shape index (κ3) is 6.04. The first kappa shape index (κ1) is 25.3. The number of benzene rings is 3. The number of sulfone groups is 1. The lowest BCUT2D eigenvalue weighted by Crippen LogP contribution is -2.31. The third-order valence-electron chi connectivity index (χ3n) is 5.28. The summed E-state index contributed by atoms with van der Waals surface area (Å²) in [6.45, 7) is 1.81. The number of halogens is 1. The maximum atomic E-state index is 14.3. The Bertz CT molecular complexity index is 1570. The molecule has 36 heavy (non-hydrogen) atoms. The fraction of sp³-hybridized carbons (Fsp3) is 0.160. The molecule has 0 saturated carbocycles. The van der Waals surface area contributed by atoms with Gasteiger partial charge in [0.15, 0.2) is 15.0 Å². The molecule has 0 bridgehead atoms. The van der Waals surface area contributed by atoms with Gasteiger partial charge in [-0.2, -0.15) is 0 Å². The first-order valence-electron chi connectivity index (χ1n) is 10.9. The molecule has 0 spiro atoms. The molecule has 0 atom stereocenters. The van der Waals surface area contributed by atoms with Crippen LogP contribution in [0.1, 0.15) is 12.1 Å². The first-order chi connectivity index (χ1) is 17.1. The maximum absolute atomic E-state index is 14.3. The standard InChI is InChI=1S/C25H23FN4O4S2/c1-15-23(18-8-10-21(20(26)14-18)36(2,33)34)35-25(28-15)30-24(32)27-12-11-22(31)29-19-9-7-16-5-3-4-6-17(16)13-19/h3-10,13-14H,11-12H2,1-2H3,(H,29,31)(H2,27,28,30,32). The molecule has 186 valence electrons. The molecule has 1 heterocycles. The van der Waals surface area contributed by atoms with Gasteiger partial charge < -0.3 is 10.6 Å². The Morgan fingerprint density at radius 2 is 1.75 bits per heavy atom. The molecule has 3 amide bonds. The number of aryl methyl sites for hydroxylation is 1. The lowest BCUT2D eigenvalue weighted by molar-refractivity contribution is -0.116. The normalized spacial score (nSPS) is 11.3. The molecular weight excluding hydrogens is 503 g/mol. The summed E-state index contributed by atoms with van der Waals surface area (Å²) in [6, 6.07) is 16.8. The number of amides is 3. The lowest BCUT2D eigenvalue weighted by atomic mass is 10.1. The van der Waals surface area contributed by atoms with Gasteiger partial charge >= 0.3 is 6.03 Å². The number of hydrogen-bond acceptors (Lipinski definition) is 6. The van der Waals surface area contributed by atoms with Gasteiger partial charge in [-0.25, -0.2) is 22.6 Å². The summed E-state index contributed by atoms with van der Waals surface area (Å²) in [5.74, 6) is -1.09. The number of carbonyl (C=O) groups is 2. The van der Waals surface area contributed by atoms with E-state index in [0.29, 0.717) is 21.8 Å². The maximum Gasteiger partial charge on any atom is 0.321 e. The zero-order valence-electron chi connectivity index (χ0n) is 19.5. The number of anilines is 2. The molecule has 0 radical (unpaired) electrons. The molecular formula is C25H23FN4O4S2. The Morgan fingerprint density at radius 1 is 1.00 bits per heavy atom. The minimum absolute atomic E-state index is 0.0777. The summed E-state index contributed by atoms with van der Waals surface area (Å²) < 4.78 is 37.5. The predicted molar refractivity (Wildman–Crippen MR) is 140 cm³/mol. The molecule has 1 aromatic heterocycles. The Balaban J connectivity index is 1.30. The van der Waals surface area contributed by atoms with Gasteiger partial charge in [0.2, 0.25) is 5.91 Å². The van der Waals surface area contributed by atoms with Crippen molar-refractivity contribution >= 4 is 54.7 Å². The second kappa shape index (κ2) is 10.4. The smallest absolute Gasteiger partial charge is 0.321 e. The Labute approximate surface area is 211 Å². The van der Waals surface area contributed by atoms with Gasteiger partial charge in [-0.15, -0.1) is 0 Å². The number of thiazole rings is 1. The molecule has 0 aliphatic heterocycles. The van der Waals surface area contributed by atoms with Crippen molar-refractivity contribution in [2.75, 3.05) is 23.4 Å². The molecule has 0 aliphatic carbocycles. The summed E-state index contributed by atoms with van der Waals surface area (Å²) in [7, 11) is -3.68. The van der Waals surface area contributed by atoms with E-state index in [1.807, 2.05) is 42.5 Å². The number of hydrogen-bond donors (Lipinski definition) is 3. The van der Waals surface area contributed by atoms with E-state index >= 15 is 0 Å². The van der Waals surface area contributed by atoms with Crippen LogP contribution in [0.4, 0.5) is 20.0 Å². The summed E-state index contributed by atoms with van der Waals surface area (Å²) >= 11 is 1.13. The van der Waals surface area contributed by atoms with Crippen LogP contribution < -0.4 is 16.0 Å². The molecule has 4 rings (SSSR count). The number of fused-ring (bicyclic) bond motifs is 1. The van der Waals surface area contributed by atoms with Gasteiger partial charge in [-0.1, -0.05) is 47.7 Å². The lowest BCUT2D eigenvalue weighted by Gasteiger charge is -2.08. The van der Waals surface area contributed by atoms with E-state index in [-0.39, 0.29) is 28.9 Å². The Kier molecular flexibility index (Phi) is 7.32. The molecule has 0 unspecified atom stereocenters. The van der Waals surface area contributed by atoms with E-state index in [1.165, 1.54) is 12.1 Å². The van der Waals surface area contributed by atoms with Gasteiger partial charge in [-0.3, -0.25) is 10.1 Å². The van der Waals surface area contributed by atoms with Crippen LogP contribution in [0.2, 0.25) is 0 Å². The zero-order valence-corrected chi connectivity index (χ0v) is 21.1. The SMILES string of the molecule is Cc1nc(NC(=O)NCCC(=O)Nc2ccc3ccccc3c2)sc1-c1ccc(S(C)(=O)=O)c(F)c1. The first-order valence-corrected chi connectivity index (χ1v) is 13.6. The van der Waals surface area contributed by atoms with Crippen LogP contribution in [-0.4, -0.2) is 38.1 Å². The van der Waals surface area contributed by atoms with Crippen LogP contribution in [0.3, 0.4) is 0 Å². The highest BCUT2D eigenvalue weighted by atomic mass is 32.2. The number of urea groups is 1. The van der Waals surface area contributed by atoms with Crippen LogP contribution in [-0.2, 0) is 14.6 Å². The highest BCUT2D eigenvalue weighted by Gasteiger charge is 2.17. The summed E-state index contributed by atoms with van der Waals surface area (Å²) in [4.78, 5) is 29.0. The van der Waals surface area contributed by atoms with Crippen molar-refractivity contribution in [2.24, 2.45) is 0 Å². The van der Waals surface area contributed by atoms with E-state index in [4.69, 9.17) is 0 Å². The van der Waals surface area contributed by atoms with Crippen LogP contribution in [0, 0.1) is 12.7 Å². The van der Waals surface area contributed by atoms with Crippen molar-refractivity contribution in [3.63, 3.8) is 0 Å². The molecule has 8 nitrogen and oxygen atoms in total. The van der Waals surface area contributed by atoms with E-state index in [0.717, 1.165) is 34.4 Å². The molecule has 0 fully saturated rings. The number of carbonyl (C=O) groups excluding carboxylic acids is 2. The molecule has 0 aliphatic rings. The van der Waals surface area contributed by atoms with Crippen LogP contribution >= 0.6 is 11.3 Å². The van der Waals surface area contributed by atoms with E-state index in [1.54, 1.807) is 6.92 Å². The highest BCUT2D eigenvalue weighted by molar-refractivity contribution is 7.90. The fourth-order valence-corrected chi connectivity index (χ4v) is 5.27.